The molecule has 1 heterocycles. The van der Waals surface area contributed by atoms with Crippen molar-refractivity contribution in [2.24, 2.45) is 22.2 Å². The molecule has 0 spiro atoms. The molecule has 1 aromatic carbocycles. The number of aliphatic imine (C=N–C) groups is 1. The summed E-state index contributed by atoms with van der Waals surface area (Å²) in [5.74, 6) is 1.65. The van der Waals surface area contributed by atoms with Crippen molar-refractivity contribution in [2.75, 3.05) is 20.3 Å². The average molecular weight is 368 g/mol. The van der Waals surface area contributed by atoms with Gasteiger partial charge in [0.05, 0.1) is 25.0 Å². The van der Waals surface area contributed by atoms with Gasteiger partial charge in [-0.05, 0) is 30.1 Å². The number of nitriles is 1. The molecule has 27 heavy (non-hydrogen) atoms. The fourth-order valence-electron chi connectivity index (χ4n) is 2.22. The number of methoxy groups -OCH3 is 1. The maximum Gasteiger partial charge on any atom is 0.341 e. The molecule has 9 nitrogen and oxygen atoms in total. The Morgan fingerprint density at radius 3 is 2.78 bits per heavy atom. The third-order valence-electron chi connectivity index (χ3n) is 3.45. The van der Waals surface area contributed by atoms with E-state index >= 15 is 0 Å². The summed E-state index contributed by atoms with van der Waals surface area (Å²) in [6.07, 6.45) is 5.05. The van der Waals surface area contributed by atoms with Crippen molar-refractivity contribution < 1.29 is 14.5 Å². The molecule has 0 amide bonds. The number of ether oxygens (including phenoxy) is 2. The topological polar surface area (TPSA) is 160 Å². The van der Waals surface area contributed by atoms with Crippen LogP contribution < -0.4 is 31.7 Å². The number of hydrogen-bond donors (Lipinski definition) is 3. The summed E-state index contributed by atoms with van der Waals surface area (Å²) in [6, 6.07) is 7.29. The number of hydrogen-bond acceptors (Lipinski definition) is 7. The van der Waals surface area contributed by atoms with Gasteiger partial charge in [-0.1, -0.05) is 6.07 Å². The van der Waals surface area contributed by atoms with Crippen molar-refractivity contribution in [3.05, 3.63) is 47.9 Å². The van der Waals surface area contributed by atoms with Gasteiger partial charge < -0.3 is 26.7 Å². The molecule has 0 fully saturated rings. The molecule has 0 aliphatic heterocycles. The molecule has 0 aliphatic rings. The summed E-state index contributed by atoms with van der Waals surface area (Å²) in [4.78, 5) is 10.9. The molecule has 0 aliphatic carbocycles. The van der Waals surface area contributed by atoms with Crippen LogP contribution >= 0.6 is 0 Å². The molecule has 7 N–H and O–H groups in total. The number of aromatic amines is 1. The molecule has 1 aromatic heterocycles. The third-order valence-corrected chi connectivity index (χ3v) is 3.45. The molecule has 2 aromatic rings. The van der Waals surface area contributed by atoms with E-state index in [1.807, 2.05) is 12.1 Å². The number of benzene rings is 1. The van der Waals surface area contributed by atoms with Gasteiger partial charge in [0.1, 0.15) is 30.0 Å². The van der Waals surface area contributed by atoms with E-state index in [0.717, 1.165) is 0 Å². The smallest absolute Gasteiger partial charge is 0.341 e. The third kappa shape index (κ3) is 5.42. The minimum atomic E-state index is 0.147. The Kier molecular flexibility index (Phi) is 7.10. The van der Waals surface area contributed by atoms with Crippen molar-refractivity contribution in [3.63, 3.8) is 0 Å². The zero-order valence-corrected chi connectivity index (χ0v) is 15.0. The van der Waals surface area contributed by atoms with Crippen molar-refractivity contribution in [3.8, 4) is 17.6 Å². The minimum absolute atomic E-state index is 0.147. The SMILES string of the molecule is COc1cccc(OCCCN)c1/C(N)=C/C(N)=Nc1cnc(C#N)c[nH+]1. The van der Waals surface area contributed by atoms with Crippen LogP contribution in [0.5, 0.6) is 11.5 Å². The highest BCUT2D eigenvalue weighted by Gasteiger charge is 2.14. The average Bonchev–Trinajstić information content (AvgIpc) is 2.68. The van der Waals surface area contributed by atoms with Crippen LogP contribution in [-0.2, 0) is 0 Å². The summed E-state index contributed by atoms with van der Waals surface area (Å²) in [5.41, 5.74) is 18.8. The van der Waals surface area contributed by atoms with E-state index in [-0.39, 0.29) is 11.5 Å². The highest BCUT2D eigenvalue weighted by molar-refractivity contribution is 5.99. The molecular weight excluding hydrogens is 346 g/mol. The molecule has 140 valence electrons. The summed E-state index contributed by atoms with van der Waals surface area (Å²) in [5, 5.41) is 8.76. The molecule has 0 atom stereocenters. The van der Waals surface area contributed by atoms with Crippen LogP contribution in [0.25, 0.3) is 5.70 Å². The second-order valence-corrected chi connectivity index (χ2v) is 5.39. The van der Waals surface area contributed by atoms with Gasteiger partial charge in [0, 0.05) is 6.08 Å². The Labute approximate surface area is 157 Å². The first-order valence-electron chi connectivity index (χ1n) is 8.18. The zero-order valence-electron chi connectivity index (χ0n) is 15.0. The highest BCUT2D eigenvalue weighted by atomic mass is 16.5. The first-order chi connectivity index (χ1) is 13.1. The van der Waals surface area contributed by atoms with Gasteiger partial charge in [0.15, 0.2) is 5.69 Å². The van der Waals surface area contributed by atoms with Gasteiger partial charge in [-0.15, -0.1) is 0 Å². The van der Waals surface area contributed by atoms with Gasteiger partial charge in [-0.3, -0.25) is 0 Å². The lowest BCUT2D eigenvalue weighted by Crippen LogP contribution is -2.14. The minimum Gasteiger partial charge on any atom is -0.496 e. The van der Waals surface area contributed by atoms with E-state index in [1.54, 1.807) is 19.2 Å². The Balaban J connectivity index is 2.32. The normalized spacial score (nSPS) is 11.7. The lowest BCUT2D eigenvalue weighted by molar-refractivity contribution is -0.363. The fourth-order valence-corrected chi connectivity index (χ4v) is 2.22. The molecular formula is C18H22N7O2+. The van der Waals surface area contributed by atoms with Crippen LogP contribution in [0.4, 0.5) is 5.82 Å². The lowest BCUT2D eigenvalue weighted by Gasteiger charge is -2.14. The van der Waals surface area contributed by atoms with Crippen molar-refractivity contribution >= 4 is 17.4 Å². The first kappa shape index (κ1) is 19.7. The van der Waals surface area contributed by atoms with Gasteiger partial charge in [-0.25, -0.2) is 9.97 Å². The summed E-state index contributed by atoms with van der Waals surface area (Å²) in [6.45, 7) is 0.985. The second kappa shape index (κ2) is 9.74. The number of amidine groups is 1. The Morgan fingerprint density at radius 2 is 2.15 bits per heavy atom. The van der Waals surface area contributed by atoms with Gasteiger partial charge in [0.2, 0.25) is 5.84 Å². The first-order valence-corrected chi connectivity index (χ1v) is 8.18. The largest absolute Gasteiger partial charge is 0.496 e. The lowest BCUT2D eigenvalue weighted by atomic mass is 10.1. The quantitative estimate of drug-likeness (QED) is 0.347. The van der Waals surface area contributed by atoms with E-state index in [2.05, 4.69) is 15.0 Å². The molecule has 0 radical (unpaired) electrons. The van der Waals surface area contributed by atoms with Gasteiger partial charge in [-0.2, -0.15) is 5.26 Å². The summed E-state index contributed by atoms with van der Waals surface area (Å²) < 4.78 is 11.1. The monoisotopic (exact) mass is 368 g/mol. The summed E-state index contributed by atoms with van der Waals surface area (Å²) >= 11 is 0. The maximum atomic E-state index is 8.76. The number of nitrogens with two attached hydrogens (primary N) is 3. The van der Waals surface area contributed by atoms with Crippen LogP contribution in [0.3, 0.4) is 0 Å². The van der Waals surface area contributed by atoms with Crippen molar-refractivity contribution in [1.29, 1.82) is 5.26 Å². The number of aromatic nitrogens is 2. The molecule has 0 saturated heterocycles. The fraction of sp³-hybridized carbons (Fsp3) is 0.222. The number of rotatable bonds is 8. The number of nitrogens with zero attached hydrogens (tertiary/aromatic N) is 3. The van der Waals surface area contributed by atoms with E-state index in [0.29, 0.717) is 48.1 Å². The Hall–Kier alpha value is -3.64. The van der Waals surface area contributed by atoms with Gasteiger partial charge >= 0.3 is 5.82 Å². The van der Waals surface area contributed by atoms with Crippen LogP contribution in [0.2, 0.25) is 0 Å². The van der Waals surface area contributed by atoms with Crippen LogP contribution in [-0.4, -0.2) is 31.1 Å². The molecule has 9 heteroatoms. The van der Waals surface area contributed by atoms with Crippen LogP contribution in [0.15, 0.2) is 41.7 Å². The van der Waals surface area contributed by atoms with E-state index in [9.17, 15) is 0 Å². The van der Waals surface area contributed by atoms with E-state index in [1.165, 1.54) is 18.5 Å². The van der Waals surface area contributed by atoms with Crippen LogP contribution in [0, 0.1) is 11.3 Å². The maximum absolute atomic E-state index is 8.76. The zero-order chi connectivity index (χ0) is 19.6. The second-order valence-electron chi connectivity index (χ2n) is 5.39. The number of nitrogens with one attached hydrogen (secondary N) is 1. The Bertz CT molecular complexity index is 870. The van der Waals surface area contributed by atoms with Gasteiger partial charge in [0.25, 0.3) is 0 Å². The van der Waals surface area contributed by atoms with Crippen molar-refractivity contribution in [2.45, 2.75) is 6.42 Å². The predicted octanol–water partition coefficient (Wildman–Crippen LogP) is 0.492. The van der Waals surface area contributed by atoms with Crippen LogP contribution in [0.1, 0.15) is 17.7 Å². The van der Waals surface area contributed by atoms with E-state index < -0.39 is 0 Å². The number of H-pyrrole nitrogens is 1. The molecule has 2 rings (SSSR count). The Morgan fingerprint density at radius 1 is 1.37 bits per heavy atom. The highest BCUT2D eigenvalue weighted by Crippen LogP contribution is 2.32. The molecule has 0 bridgehead atoms. The molecule has 0 unspecified atom stereocenters. The van der Waals surface area contributed by atoms with E-state index in [4.69, 9.17) is 31.9 Å². The standard InChI is InChI=1S/C18H21N7O2/c1-26-14-4-2-5-15(27-7-3-6-19)18(14)13(21)8-16(22)25-17-11-23-12(9-20)10-24-17/h2,4-5,8,10-11H,3,6-7,19,21H2,1H3,(H2,22,24,25)/p+1/b13-8-. The molecule has 0 saturated carbocycles. The predicted molar refractivity (Wildman–Crippen MR) is 101 cm³/mol. The summed E-state index contributed by atoms with van der Waals surface area (Å²) in [7, 11) is 1.55. The van der Waals surface area contributed by atoms with Crippen molar-refractivity contribution in [1.82, 2.24) is 4.98 Å².